The van der Waals surface area contributed by atoms with E-state index in [0.717, 1.165) is 19.3 Å². The molecular formula is C16H30N2O3. The molecule has 122 valence electrons. The first-order valence-corrected chi connectivity index (χ1v) is 7.96. The van der Waals surface area contributed by atoms with Gasteiger partial charge in [-0.05, 0) is 45.4 Å². The van der Waals surface area contributed by atoms with E-state index in [9.17, 15) is 9.59 Å². The fraction of sp³-hybridized carbons (Fsp3) is 0.875. The Morgan fingerprint density at radius 1 is 1.29 bits per heavy atom. The topological polar surface area (TPSA) is 69.6 Å². The Morgan fingerprint density at radius 2 is 1.90 bits per heavy atom. The number of hydrogen-bond donors (Lipinski definition) is 2. The summed E-state index contributed by atoms with van der Waals surface area (Å²) in [4.78, 5) is 24.9. The molecule has 3 atom stereocenters. The number of rotatable bonds is 5. The predicted octanol–water partition coefficient (Wildman–Crippen LogP) is 3.10. The molecule has 1 fully saturated rings. The van der Waals surface area contributed by atoms with E-state index in [-0.39, 0.29) is 30.6 Å². The van der Waals surface area contributed by atoms with E-state index in [1.807, 2.05) is 20.8 Å². The van der Waals surface area contributed by atoms with Gasteiger partial charge in [0.15, 0.2) is 0 Å². The van der Waals surface area contributed by atoms with Crippen molar-refractivity contribution in [3.05, 3.63) is 0 Å². The van der Waals surface area contributed by atoms with Crippen LogP contribution in [0.2, 0.25) is 0 Å². The number of carboxylic acid groups (broad SMARTS) is 1. The number of amides is 2. The van der Waals surface area contributed by atoms with Crippen LogP contribution in [0, 0.1) is 11.8 Å². The zero-order chi connectivity index (χ0) is 16.2. The summed E-state index contributed by atoms with van der Waals surface area (Å²) >= 11 is 0. The quantitative estimate of drug-likeness (QED) is 0.819. The summed E-state index contributed by atoms with van der Waals surface area (Å²) in [7, 11) is 0. The molecule has 0 aromatic heterocycles. The molecule has 0 bridgehead atoms. The second-order valence-corrected chi connectivity index (χ2v) is 7.13. The molecule has 2 N–H and O–H groups in total. The average molecular weight is 298 g/mol. The lowest BCUT2D eigenvalue weighted by atomic mass is 9.93. The van der Waals surface area contributed by atoms with Crippen molar-refractivity contribution in [3.63, 3.8) is 0 Å². The summed E-state index contributed by atoms with van der Waals surface area (Å²) in [6.07, 6.45) is 3.30. The monoisotopic (exact) mass is 298 g/mol. The average Bonchev–Trinajstić information content (AvgIpc) is 2.68. The SMILES string of the molecule is CCC1CCC(NC(=O)N(CCC(=O)O)C(C)(C)C)C1C. The summed E-state index contributed by atoms with van der Waals surface area (Å²) in [5.74, 6) is 0.287. The van der Waals surface area contributed by atoms with E-state index >= 15 is 0 Å². The van der Waals surface area contributed by atoms with Gasteiger partial charge in [-0.1, -0.05) is 20.3 Å². The van der Waals surface area contributed by atoms with E-state index < -0.39 is 5.97 Å². The zero-order valence-electron chi connectivity index (χ0n) is 14.0. The maximum atomic E-state index is 12.5. The Morgan fingerprint density at radius 3 is 2.33 bits per heavy atom. The van der Waals surface area contributed by atoms with Crippen LogP contribution in [0.3, 0.4) is 0 Å². The minimum Gasteiger partial charge on any atom is -0.481 e. The van der Waals surface area contributed by atoms with Gasteiger partial charge in [0.25, 0.3) is 0 Å². The molecule has 21 heavy (non-hydrogen) atoms. The van der Waals surface area contributed by atoms with Gasteiger partial charge in [-0.15, -0.1) is 0 Å². The molecule has 0 heterocycles. The van der Waals surface area contributed by atoms with E-state index in [1.165, 1.54) is 0 Å². The van der Waals surface area contributed by atoms with E-state index in [0.29, 0.717) is 11.8 Å². The van der Waals surface area contributed by atoms with Gasteiger partial charge in [-0.25, -0.2) is 4.79 Å². The van der Waals surface area contributed by atoms with Crippen molar-refractivity contribution in [2.24, 2.45) is 11.8 Å². The third-order valence-electron chi connectivity index (χ3n) is 4.66. The fourth-order valence-corrected chi connectivity index (χ4v) is 3.21. The Kier molecular flexibility index (Phi) is 6.05. The highest BCUT2D eigenvalue weighted by Gasteiger charge is 2.35. The van der Waals surface area contributed by atoms with Gasteiger partial charge in [0.1, 0.15) is 0 Å². The number of carbonyl (C=O) groups is 2. The highest BCUT2D eigenvalue weighted by Crippen LogP contribution is 2.34. The third-order valence-corrected chi connectivity index (χ3v) is 4.66. The fourth-order valence-electron chi connectivity index (χ4n) is 3.21. The Balaban J connectivity index is 2.67. The van der Waals surface area contributed by atoms with Gasteiger partial charge in [-0.3, -0.25) is 4.79 Å². The molecule has 5 nitrogen and oxygen atoms in total. The Bertz CT molecular complexity index is 376. The van der Waals surface area contributed by atoms with Crippen LogP contribution in [0.5, 0.6) is 0 Å². The molecule has 0 aromatic rings. The molecule has 0 saturated heterocycles. The second kappa shape index (κ2) is 7.14. The molecule has 0 aliphatic heterocycles. The van der Waals surface area contributed by atoms with Crippen LogP contribution in [0.1, 0.15) is 60.3 Å². The maximum absolute atomic E-state index is 12.5. The van der Waals surface area contributed by atoms with Crippen LogP contribution in [-0.2, 0) is 4.79 Å². The first-order valence-electron chi connectivity index (χ1n) is 7.96. The van der Waals surface area contributed by atoms with Crippen molar-refractivity contribution >= 4 is 12.0 Å². The van der Waals surface area contributed by atoms with Gasteiger partial charge in [0, 0.05) is 18.1 Å². The van der Waals surface area contributed by atoms with Crippen LogP contribution >= 0.6 is 0 Å². The van der Waals surface area contributed by atoms with E-state index in [4.69, 9.17) is 5.11 Å². The molecule has 0 radical (unpaired) electrons. The number of aliphatic carboxylic acids is 1. The standard InChI is InChI=1S/C16H30N2O3/c1-6-12-7-8-13(11(12)2)17-15(21)18(16(3,4)5)10-9-14(19)20/h11-13H,6-10H2,1-5H3,(H,17,21)(H,19,20). The molecule has 1 rings (SSSR count). The molecule has 0 spiro atoms. The van der Waals surface area contributed by atoms with Crippen molar-refractivity contribution < 1.29 is 14.7 Å². The number of nitrogens with one attached hydrogen (secondary N) is 1. The number of carbonyl (C=O) groups excluding carboxylic acids is 1. The summed E-state index contributed by atoms with van der Waals surface area (Å²) in [6.45, 7) is 10.4. The van der Waals surface area contributed by atoms with Gasteiger partial charge < -0.3 is 15.3 Å². The van der Waals surface area contributed by atoms with Crippen LogP contribution in [0.25, 0.3) is 0 Å². The second-order valence-electron chi connectivity index (χ2n) is 7.13. The zero-order valence-corrected chi connectivity index (χ0v) is 14.0. The highest BCUT2D eigenvalue weighted by atomic mass is 16.4. The first-order chi connectivity index (χ1) is 9.66. The number of urea groups is 1. The summed E-state index contributed by atoms with van der Waals surface area (Å²) in [6, 6.07) is 0.0643. The molecule has 2 amide bonds. The van der Waals surface area contributed by atoms with Gasteiger partial charge in [0.2, 0.25) is 0 Å². The van der Waals surface area contributed by atoms with E-state index in [1.54, 1.807) is 4.90 Å². The van der Waals surface area contributed by atoms with Crippen LogP contribution in [0.15, 0.2) is 0 Å². The van der Waals surface area contributed by atoms with Crippen LogP contribution < -0.4 is 5.32 Å². The predicted molar refractivity (Wildman–Crippen MR) is 83.2 cm³/mol. The third kappa shape index (κ3) is 4.90. The van der Waals surface area contributed by atoms with Crippen LogP contribution in [0.4, 0.5) is 4.79 Å². The van der Waals surface area contributed by atoms with Gasteiger partial charge >= 0.3 is 12.0 Å². The number of hydrogen-bond acceptors (Lipinski definition) is 2. The van der Waals surface area contributed by atoms with Crippen LogP contribution in [-0.4, -0.2) is 40.1 Å². The molecule has 1 aliphatic rings. The summed E-state index contributed by atoms with van der Waals surface area (Å²) < 4.78 is 0. The van der Waals surface area contributed by atoms with Crippen molar-refractivity contribution in [2.45, 2.75) is 71.9 Å². The van der Waals surface area contributed by atoms with E-state index in [2.05, 4.69) is 19.2 Å². The minimum absolute atomic E-state index is 0.0253. The molecule has 1 aliphatic carbocycles. The van der Waals surface area contributed by atoms with Crippen molar-refractivity contribution in [2.75, 3.05) is 6.54 Å². The van der Waals surface area contributed by atoms with Gasteiger partial charge in [0.05, 0.1) is 6.42 Å². The minimum atomic E-state index is -0.877. The molecule has 3 unspecified atom stereocenters. The number of nitrogens with zero attached hydrogens (tertiary/aromatic N) is 1. The Labute approximate surface area is 128 Å². The Hall–Kier alpha value is -1.26. The number of carboxylic acids is 1. The molecule has 1 saturated carbocycles. The van der Waals surface area contributed by atoms with Crippen molar-refractivity contribution in [3.8, 4) is 0 Å². The normalized spacial score (nSPS) is 25.7. The summed E-state index contributed by atoms with van der Waals surface area (Å²) in [5.41, 5.74) is -0.383. The largest absolute Gasteiger partial charge is 0.481 e. The summed E-state index contributed by atoms with van der Waals surface area (Å²) in [5, 5.41) is 12.0. The molecular weight excluding hydrogens is 268 g/mol. The molecule has 5 heteroatoms. The van der Waals surface area contributed by atoms with Crippen molar-refractivity contribution in [1.29, 1.82) is 0 Å². The highest BCUT2D eigenvalue weighted by molar-refractivity contribution is 5.76. The van der Waals surface area contributed by atoms with Crippen molar-refractivity contribution in [1.82, 2.24) is 10.2 Å². The lowest BCUT2D eigenvalue weighted by Gasteiger charge is -2.36. The maximum Gasteiger partial charge on any atom is 0.318 e. The van der Waals surface area contributed by atoms with Gasteiger partial charge in [-0.2, -0.15) is 0 Å². The smallest absolute Gasteiger partial charge is 0.318 e. The molecule has 0 aromatic carbocycles. The first kappa shape index (κ1) is 17.8. The lowest BCUT2D eigenvalue weighted by Crippen LogP contribution is -2.53. The lowest BCUT2D eigenvalue weighted by molar-refractivity contribution is -0.137.